The number of rotatable bonds is 4. The number of thiophene rings is 1. The maximum Gasteiger partial charge on any atom is 0.246 e. The van der Waals surface area contributed by atoms with Crippen LogP contribution in [0.2, 0.25) is 0 Å². The van der Waals surface area contributed by atoms with Crippen LogP contribution in [0.15, 0.2) is 47.8 Å². The molecule has 0 radical (unpaired) electrons. The van der Waals surface area contributed by atoms with E-state index in [4.69, 9.17) is 0 Å². The molecule has 28 heavy (non-hydrogen) atoms. The zero-order chi connectivity index (χ0) is 19.6. The summed E-state index contributed by atoms with van der Waals surface area (Å²) in [6, 6.07) is 13.4. The Morgan fingerprint density at radius 2 is 2.04 bits per heavy atom. The highest BCUT2D eigenvalue weighted by Gasteiger charge is 2.57. The fraction of sp³-hybridized carbons (Fsp3) is 0.455. The smallest absolute Gasteiger partial charge is 0.246 e. The molecule has 6 heteroatoms. The summed E-state index contributed by atoms with van der Waals surface area (Å²) in [5.74, 6) is -0.260. The Hall–Kier alpha value is -2.18. The van der Waals surface area contributed by atoms with Crippen LogP contribution in [0, 0.1) is 5.92 Å². The number of hydrogen-bond donors (Lipinski definition) is 2. The van der Waals surface area contributed by atoms with Crippen LogP contribution in [0.25, 0.3) is 0 Å². The number of carbonyl (C=O) groups excluding carboxylic acids is 2. The molecule has 1 aromatic carbocycles. The monoisotopic (exact) mass is 398 g/mol. The van der Waals surface area contributed by atoms with Gasteiger partial charge in [-0.25, -0.2) is 0 Å². The molecule has 2 aliphatic heterocycles. The minimum absolute atomic E-state index is 0.0377. The first-order valence-electron chi connectivity index (χ1n) is 9.94. The summed E-state index contributed by atoms with van der Waals surface area (Å²) in [7, 11) is 0. The second kappa shape index (κ2) is 8.05. The summed E-state index contributed by atoms with van der Waals surface area (Å²) in [6.07, 6.45) is 3.25. The van der Waals surface area contributed by atoms with E-state index in [0.717, 1.165) is 23.3 Å². The molecule has 0 unspecified atom stereocenters. The van der Waals surface area contributed by atoms with Gasteiger partial charge in [-0.05, 0) is 42.7 Å². The lowest BCUT2D eigenvalue weighted by Crippen LogP contribution is -2.57. The standard InChI is InChI=1S/C22H26N2O3S/c25-15-17-14-22(10-4-5-11-23-21(22)27)24(19(26)13-18-9-6-12-28-18)20(17)16-7-2-1-3-8-16/h1-3,6-9,12,17,20,25H,4-5,10-11,13-15H2,(H,23,27)/t17-,20+,22+/m1/s1. The number of aliphatic hydroxyl groups excluding tert-OH is 1. The number of amides is 2. The molecule has 0 aliphatic carbocycles. The van der Waals surface area contributed by atoms with Crippen LogP contribution in [0.4, 0.5) is 0 Å². The highest BCUT2D eigenvalue weighted by Crippen LogP contribution is 2.49. The molecular formula is C22H26N2O3S. The normalized spacial score (nSPS) is 27.6. The number of likely N-dealkylation sites (tertiary alicyclic amines) is 1. The first-order valence-corrected chi connectivity index (χ1v) is 10.8. The maximum absolute atomic E-state index is 13.6. The van der Waals surface area contributed by atoms with E-state index in [-0.39, 0.29) is 36.8 Å². The van der Waals surface area contributed by atoms with E-state index in [9.17, 15) is 14.7 Å². The predicted molar refractivity (Wildman–Crippen MR) is 109 cm³/mol. The molecule has 2 aliphatic rings. The maximum atomic E-state index is 13.6. The molecule has 3 atom stereocenters. The van der Waals surface area contributed by atoms with Crippen LogP contribution in [0.1, 0.15) is 42.2 Å². The Labute approximate surface area is 169 Å². The lowest BCUT2D eigenvalue weighted by atomic mass is 9.86. The second-order valence-electron chi connectivity index (χ2n) is 7.77. The molecule has 2 saturated heterocycles. The third-order valence-electron chi connectivity index (χ3n) is 6.06. The van der Waals surface area contributed by atoms with Gasteiger partial charge in [-0.1, -0.05) is 36.4 Å². The summed E-state index contributed by atoms with van der Waals surface area (Å²) in [4.78, 5) is 29.6. The van der Waals surface area contributed by atoms with E-state index in [0.29, 0.717) is 19.4 Å². The Balaban J connectivity index is 1.78. The zero-order valence-corrected chi connectivity index (χ0v) is 16.7. The Morgan fingerprint density at radius 3 is 2.75 bits per heavy atom. The van der Waals surface area contributed by atoms with Gasteiger partial charge in [0.25, 0.3) is 0 Å². The van der Waals surface area contributed by atoms with Crippen LogP contribution in [0.5, 0.6) is 0 Å². The third kappa shape index (κ3) is 3.35. The first-order chi connectivity index (χ1) is 13.7. The molecule has 0 bridgehead atoms. The topological polar surface area (TPSA) is 69.6 Å². The van der Waals surface area contributed by atoms with Crippen molar-refractivity contribution in [2.24, 2.45) is 5.92 Å². The van der Waals surface area contributed by atoms with Crippen molar-refractivity contribution >= 4 is 23.2 Å². The molecule has 2 N–H and O–H groups in total. The van der Waals surface area contributed by atoms with E-state index < -0.39 is 5.54 Å². The number of benzene rings is 1. The Bertz CT molecular complexity index is 824. The number of nitrogens with zero attached hydrogens (tertiary/aromatic N) is 1. The fourth-order valence-electron chi connectivity index (χ4n) is 4.84. The van der Waals surface area contributed by atoms with Crippen molar-refractivity contribution in [2.45, 2.75) is 43.7 Å². The Kier molecular flexibility index (Phi) is 5.51. The van der Waals surface area contributed by atoms with Crippen LogP contribution >= 0.6 is 11.3 Å². The van der Waals surface area contributed by atoms with Gasteiger partial charge in [-0.3, -0.25) is 9.59 Å². The van der Waals surface area contributed by atoms with Gasteiger partial charge >= 0.3 is 0 Å². The predicted octanol–water partition coefficient (Wildman–Crippen LogP) is 2.91. The molecular weight excluding hydrogens is 372 g/mol. The van der Waals surface area contributed by atoms with Crippen LogP contribution < -0.4 is 5.32 Å². The van der Waals surface area contributed by atoms with Crippen molar-refractivity contribution in [3.63, 3.8) is 0 Å². The average molecular weight is 399 g/mol. The van der Waals surface area contributed by atoms with Gasteiger partial charge in [0, 0.05) is 23.9 Å². The largest absolute Gasteiger partial charge is 0.396 e. The highest BCUT2D eigenvalue weighted by molar-refractivity contribution is 7.10. The molecule has 5 nitrogen and oxygen atoms in total. The molecule has 4 rings (SSSR count). The molecule has 0 saturated carbocycles. The van der Waals surface area contributed by atoms with Gasteiger partial charge in [0.2, 0.25) is 11.8 Å². The van der Waals surface area contributed by atoms with Crippen LogP contribution in [-0.2, 0) is 16.0 Å². The zero-order valence-electron chi connectivity index (χ0n) is 15.8. The van der Waals surface area contributed by atoms with Crippen molar-refractivity contribution < 1.29 is 14.7 Å². The van der Waals surface area contributed by atoms with Gasteiger partial charge in [-0.15, -0.1) is 11.3 Å². The lowest BCUT2D eigenvalue weighted by molar-refractivity contribution is -0.147. The van der Waals surface area contributed by atoms with Gasteiger partial charge in [-0.2, -0.15) is 0 Å². The average Bonchev–Trinajstić information content (AvgIpc) is 3.29. The molecule has 1 aromatic heterocycles. The molecule has 1 spiro atoms. The van der Waals surface area contributed by atoms with Gasteiger partial charge in [0.1, 0.15) is 5.54 Å². The fourth-order valence-corrected chi connectivity index (χ4v) is 5.54. The number of aliphatic hydroxyl groups is 1. The van der Waals surface area contributed by atoms with E-state index in [2.05, 4.69) is 5.32 Å². The van der Waals surface area contributed by atoms with E-state index in [1.807, 2.05) is 52.7 Å². The van der Waals surface area contributed by atoms with Gasteiger partial charge in [0.15, 0.2) is 0 Å². The number of carbonyl (C=O) groups is 2. The number of hydrogen-bond acceptors (Lipinski definition) is 4. The SMILES string of the molecule is O=C(Cc1cccs1)N1[C@@H](c2ccccc2)[C@@H](CO)C[C@]12CCCCNC2=O. The molecule has 148 valence electrons. The van der Waals surface area contributed by atoms with E-state index >= 15 is 0 Å². The van der Waals surface area contributed by atoms with Crippen molar-refractivity contribution in [3.05, 3.63) is 58.3 Å². The lowest BCUT2D eigenvalue weighted by Gasteiger charge is -2.39. The summed E-state index contributed by atoms with van der Waals surface area (Å²) < 4.78 is 0. The molecule has 2 amide bonds. The summed E-state index contributed by atoms with van der Waals surface area (Å²) in [6.45, 7) is 0.602. The van der Waals surface area contributed by atoms with Gasteiger partial charge in [0.05, 0.1) is 12.5 Å². The molecule has 3 heterocycles. The van der Waals surface area contributed by atoms with Crippen LogP contribution in [0.3, 0.4) is 0 Å². The highest BCUT2D eigenvalue weighted by atomic mass is 32.1. The summed E-state index contributed by atoms with van der Waals surface area (Å²) in [5.41, 5.74) is 0.105. The van der Waals surface area contributed by atoms with Crippen molar-refractivity contribution in [3.8, 4) is 0 Å². The van der Waals surface area contributed by atoms with Crippen molar-refractivity contribution in [2.75, 3.05) is 13.2 Å². The minimum atomic E-state index is -0.876. The van der Waals surface area contributed by atoms with E-state index in [1.165, 1.54) is 0 Å². The van der Waals surface area contributed by atoms with Crippen LogP contribution in [-0.4, -0.2) is 40.5 Å². The first kappa shape index (κ1) is 19.2. The quantitative estimate of drug-likeness (QED) is 0.832. The van der Waals surface area contributed by atoms with Gasteiger partial charge < -0.3 is 15.3 Å². The number of nitrogens with one attached hydrogen (secondary N) is 1. The molecule has 2 fully saturated rings. The van der Waals surface area contributed by atoms with Crippen molar-refractivity contribution in [1.82, 2.24) is 10.2 Å². The minimum Gasteiger partial charge on any atom is -0.396 e. The Morgan fingerprint density at radius 1 is 1.21 bits per heavy atom. The molecule has 2 aromatic rings. The van der Waals surface area contributed by atoms with Crippen molar-refractivity contribution in [1.29, 1.82) is 0 Å². The second-order valence-corrected chi connectivity index (χ2v) is 8.80. The summed E-state index contributed by atoms with van der Waals surface area (Å²) >= 11 is 1.56. The summed E-state index contributed by atoms with van der Waals surface area (Å²) in [5, 5.41) is 15.1. The third-order valence-corrected chi connectivity index (χ3v) is 6.94. The van der Waals surface area contributed by atoms with E-state index in [1.54, 1.807) is 11.3 Å².